The van der Waals surface area contributed by atoms with E-state index in [0.29, 0.717) is 0 Å². The van der Waals surface area contributed by atoms with E-state index in [2.05, 4.69) is 0 Å². The first-order valence-electron chi connectivity index (χ1n) is 3.46. The minimum Gasteiger partial charge on any atom is -0.282 e. The van der Waals surface area contributed by atoms with Crippen LogP contribution in [0.25, 0.3) is 0 Å². The maximum absolute atomic E-state index is 10.7. The van der Waals surface area contributed by atoms with Crippen molar-refractivity contribution in [3.63, 3.8) is 0 Å². The van der Waals surface area contributed by atoms with Crippen molar-refractivity contribution in [2.75, 3.05) is 0 Å². The topological polar surface area (TPSA) is 54.4 Å². The first kappa shape index (κ1) is 13.1. The molecule has 1 aromatic carbocycles. The maximum Gasteiger partial charge on any atom is 0.294 e. The molecule has 68 valence electrons. The van der Waals surface area contributed by atoms with E-state index >= 15 is 0 Å². The largest absolute Gasteiger partial charge is 0.294 e. The molecule has 0 aliphatic rings. The van der Waals surface area contributed by atoms with E-state index in [-0.39, 0.29) is 32.2 Å². The van der Waals surface area contributed by atoms with Crippen LogP contribution >= 0.6 is 0 Å². The smallest absolute Gasteiger partial charge is 0.282 e. The van der Waals surface area contributed by atoms with E-state index < -0.39 is 10.1 Å². The second kappa shape index (κ2) is 4.52. The van der Waals surface area contributed by atoms with Gasteiger partial charge in [-0.3, -0.25) is 4.55 Å². The zero-order valence-electron chi connectivity index (χ0n) is 7.61. The van der Waals surface area contributed by atoms with Crippen LogP contribution in [0.1, 0.15) is 11.1 Å². The molecule has 0 fully saturated rings. The van der Waals surface area contributed by atoms with Crippen LogP contribution < -0.4 is 0 Å². The Morgan fingerprint density at radius 2 is 1.69 bits per heavy atom. The number of hydrogen-bond acceptors (Lipinski definition) is 2. The Hall–Kier alpha value is 0.0521. The predicted octanol–water partition coefficient (Wildman–Crippen LogP) is 1.55. The Labute approximate surface area is 98.1 Å². The van der Waals surface area contributed by atoms with Crippen LogP contribution in [0.5, 0.6) is 0 Å². The molecular weight excluding hydrogens is 289 g/mol. The Morgan fingerprint density at radius 1 is 1.15 bits per heavy atom. The van der Waals surface area contributed by atoms with Gasteiger partial charge in [-0.25, -0.2) is 0 Å². The third kappa shape index (κ3) is 3.35. The standard InChI is InChI=1S/C8H10O3S.Cd/c1-6-3-4-8(5-7(6)2)12(9,10)11;/h3-5H,1-2H3,(H,9,10,11);. The summed E-state index contributed by atoms with van der Waals surface area (Å²) in [6.45, 7) is 3.67. The van der Waals surface area contributed by atoms with Crippen LogP contribution in [0.2, 0.25) is 0 Å². The van der Waals surface area contributed by atoms with Crippen molar-refractivity contribution in [3.05, 3.63) is 29.3 Å². The van der Waals surface area contributed by atoms with Crippen molar-refractivity contribution in [1.82, 2.24) is 0 Å². The van der Waals surface area contributed by atoms with Crippen LogP contribution in [0.4, 0.5) is 0 Å². The summed E-state index contributed by atoms with van der Waals surface area (Å²) in [5, 5.41) is 0. The van der Waals surface area contributed by atoms with Gasteiger partial charge in [0.05, 0.1) is 4.90 Å². The quantitative estimate of drug-likeness (QED) is 0.632. The van der Waals surface area contributed by atoms with Crippen molar-refractivity contribution in [3.8, 4) is 0 Å². The molecule has 0 spiro atoms. The van der Waals surface area contributed by atoms with Gasteiger partial charge < -0.3 is 0 Å². The average Bonchev–Trinajstić information content (AvgIpc) is 1.92. The average molecular weight is 299 g/mol. The van der Waals surface area contributed by atoms with Crippen molar-refractivity contribution in [2.45, 2.75) is 18.7 Å². The van der Waals surface area contributed by atoms with Gasteiger partial charge in [0.15, 0.2) is 0 Å². The minimum absolute atomic E-state index is 0. The summed E-state index contributed by atoms with van der Waals surface area (Å²) in [5.41, 5.74) is 1.85. The third-order valence-electron chi connectivity index (χ3n) is 1.78. The molecule has 1 aromatic rings. The number of aryl methyl sites for hydroxylation is 2. The second-order valence-corrected chi connectivity index (χ2v) is 4.14. The van der Waals surface area contributed by atoms with Crippen LogP contribution in [0, 0.1) is 13.8 Å². The molecule has 1 N–H and O–H groups in total. The SMILES string of the molecule is Cc1ccc(S(=O)(=O)O)cc1C.[Cd]. The summed E-state index contributed by atoms with van der Waals surface area (Å²) in [4.78, 5) is -0.0504. The van der Waals surface area contributed by atoms with E-state index in [1.54, 1.807) is 13.0 Å². The van der Waals surface area contributed by atoms with Gasteiger partial charge in [-0.1, -0.05) is 6.07 Å². The fraction of sp³-hybridized carbons (Fsp3) is 0.250. The van der Waals surface area contributed by atoms with Gasteiger partial charge >= 0.3 is 0 Å². The van der Waals surface area contributed by atoms with Gasteiger partial charge in [0.1, 0.15) is 0 Å². The molecule has 3 nitrogen and oxygen atoms in total. The predicted molar refractivity (Wildman–Crippen MR) is 45.7 cm³/mol. The van der Waals surface area contributed by atoms with E-state index in [9.17, 15) is 8.42 Å². The van der Waals surface area contributed by atoms with Crippen LogP contribution in [-0.2, 0) is 37.4 Å². The fourth-order valence-corrected chi connectivity index (χ4v) is 1.44. The van der Waals surface area contributed by atoms with Crippen LogP contribution in [0.15, 0.2) is 23.1 Å². The summed E-state index contributed by atoms with van der Waals surface area (Å²) in [6.07, 6.45) is 0. The van der Waals surface area contributed by atoms with E-state index in [1.807, 2.05) is 6.92 Å². The molecule has 0 amide bonds. The molecule has 13 heavy (non-hydrogen) atoms. The van der Waals surface area contributed by atoms with Gasteiger partial charge in [0, 0.05) is 27.3 Å². The zero-order chi connectivity index (χ0) is 9.35. The van der Waals surface area contributed by atoms with Crippen molar-refractivity contribution in [2.24, 2.45) is 0 Å². The first-order chi connectivity index (χ1) is 5.41. The van der Waals surface area contributed by atoms with Crippen LogP contribution in [-0.4, -0.2) is 13.0 Å². The molecule has 0 unspecified atom stereocenters. The maximum atomic E-state index is 10.7. The van der Waals surface area contributed by atoms with E-state index in [1.165, 1.54) is 12.1 Å². The molecule has 0 saturated carbocycles. The van der Waals surface area contributed by atoms with Crippen LogP contribution in [0.3, 0.4) is 0 Å². The molecule has 0 saturated heterocycles. The molecule has 0 aliphatic heterocycles. The molecule has 1 rings (SSSR count). The summed E-state index contributed by atoms with van der Waals surface area (Å²) in [5.74, 6) is 0. The van der Waals surface area contributed by atoms with Crippen molar-refractivity contribution < 1.29 is 40.3 Å². The second-order valence-electron chi connectivity index (χ2n) is 2.72. The van der Waals surface area contributed by atoms with Gasteiger partial charge in [0.25, 0.3) is 10.1 Å². The Bertz CT molecular complexity index is 398. The van der Waals surface area contributed by atoms with Gasteiger partial charge in [-0.05, 0) is 37.1 Å². The first-order valence-corrected chi connectivity index (χ1v) is 4.90. The Balaban J connectivity index is 0.00000144. The van der Waals surface area contributed by atoms with Crippen molar-refractivity contribution in [1.29, 1.82) is 0 Å². The molecule has 0 heterocycles. The van der Waals surface area contributed by atoms with Gasteiger partial charge in [-0.15, -0.1) is 0 Å². The zero-order valence-corrected chi connectivity index (χ0v) is 12.5. The number of hydrogen-bond donors (Lipinski definition) is 1. The monoisotopic (exact) mass is 300 g/mol. The summed E-state index contributed by atoms with van der Waals surface area (Å²) < 4.78 is 30.0. The van der Waals surface area contributed by atoms with Gasteiger partial charge in [0.2, 0.25) is 0 Å². The fourth-order valence-electron chi connectivity index (χ4n) is 0.874. The Kier molecular flexibility index (Phi) is 4.54. The summed E-state index contributed by atoms with van der Waals surface area (Å²) in [6, 6.07) is 4.50. The summed E-state index contributed by atoms with van der Waals surface area (Å²) in [7, 11) is -4.04. The number of rotatable bonds is 1. The molecule has 0 aromatic heterocycles. The molecule has 0 atom stereocenters. The Morgan fingerprint density at radius 3 is 2.08 bits per heavy atom. The molecule has 0 bridgehead atoms. The van der Waals surface area contributed by atoms with E-state index in [4.69, 9.17) is 4.55 Å². The normalized spacial score (nSPS) is 10.7. The summed E-state index contributed by atoms with van der Waals surface area (Å²) >= 11 is 0. The van der Waals surface area contributed by atoms with Crippen molar-refractivity contribution >= 4 is 10.1 Å². The van der Waals surface area contributed by atoms with E-state index in [0.717, 1.165) is 11.1 Å². The molecule has 5 heteroatoms. The van der Waals surface area contributed by atoms with Gasteiger partial charge in [-0.2, -0.15) is 8.42 Å². The number of benzene rings is 1. The third-order valence-corrected chi connectivity index (χ3v) is 2.63. The molecule has 0 aliphatic carbocycles. The molecule has 0 radical (unpaired) electrons. The molecular formula is C8H10CdO3S. The minimum atomic E-state index is -4.04.